The van der Waals surface area contributed by atoms with E-state index in [-0.39, 0.29) is 16.1 Å². The van der Waals surface area contributed by atoms with E-state index in [1.54, 1.807) is 0 Å². The minimum atomic E-state index is -0.695. The third kappa shape index (κ3) is 2.34. The SMILES string of the molecule is NC(=Nc1cc(Br)c(F)cc1F)C1CC1. The largest absolute Gasteiger partial charge is 0.387 e. The summed E-state index contributed by atoms with van der Waals surface area (Å²) in [5.74, 6) is -0.642. The lowest BCUT2D eigenvalue weighted by Gasteiger charge is -2.01. The molecule has 0 saturated heterocycles. The van der Waals surface area contributed by atoms with Crippen LogP contribution < -0.4 is 5.73 Å². The van der Waals surface area contributed by atoms with E-state index in [1.165, 1.54) is 6.07 Å². The number of rotatable bonds is 2. The molecule has 1 aromatic rings. The molecule has 2 nitrogen and oxygen atoms in total. The van der Waals surface area contributed by atoms with Gasteiger partial charge in [-0.15, -0.1) is 0 Å². The second kappa shape index (κ2) is 3.89. The van der Waals surface area contributed by atoms with Crippen molar-refractivity contribution >= 4 is 27.5 Å². The number of nitrogens with zero attached hydrogens (tertiary/aromatic N) is 1. The summed E-state index contributed by atoms with van der Waals surface area (Å²) in [6, 6.07) is 2.09. The van der Waals surface area contributed by atoms with Gasteiger partial charge in [0.05, 0.1) is 4.47 Å². The smallest absolute Gasteiger partial charge is 0.151 e. The van der Waals surface area contributed by atoms with E-state index < -0.39 is 11.6 Å². The normalized spacial score (nSPS) is 16.9. The Hall–Kier alpha value is -0.970. The molecule has 1 aliphatic rings. The van der Waals surface area contributed by atoms with Crippen LogP contribution in [0.15, 0.2) is 21.6 Å². The Balaban J connectivity index is 2.35. The molecule has 0 atom stereocenters. The maximum absolute atomic E-state index is 13.3. The van der Waals surface area contributed by atoms with E-state index in [1.807, 2.05) is 0 Å². The minimum absolute atomic E-state index is 0.0766. The number of amidine groups is 1. The number of halogens is 3. The molecule has 0 bridgehead atoms. The fraction of sp³-hybridized carbons (Fsp3) is 0.300. The predicted molar refractivity (Wildman–Crippen MR) is 58.1 cm³/mol. The zero-order chi connectivity index (χ0) is 11.0. The molecule has 0 aliphatic heterocycles. The molecule has 15 heavy (non-hydrogen) atoms. The molecule has 0 heterocycles. The molecule has 0 unspecified atom stereocenters. The number of benzene rings is 1. The summed E-state index contributed by atoms with van der Waals surface area (Å²) < 4.78 is 26.3. The molecule has 80 valence electrons. The van der Waals surface area contributed by atoms with Crippen molar-refractivity contribution in [3.63, 3.8) is 0 Å². The van der Waals surface area contributed by atoms with Crippen LogP contribution in [0.2, 0.25) is 0 Å². The van der Waals surface area contributed by atoms with Gasteiger partial charge in [0, 0.05) is 12.0 Å². The number of nitrogens with two attached hydrogens (primary N) is 1. The second-order valence-electron chi connectivity index (χ2n) is 3.53. The molecule has 1 fully saturated rings. The van der Waals surface area contributed by atoms with Gasteiger partial charge in [0.15, 0.2) is 5.82 Å². The molecular formula is C10H9BrF2N2. The van der Waals surface area contributed by atoms with E-state index in [4.69, 9.17) is 5.73 Å². The zero-order valence-electron chi connectivity index (χ0n) is 7.80. The van der Waals surface area contributed by atoms with Gasteiger partial charge in [-0.1, -0.05) is 0 Å². The van der Waals surface area contributed by atoms with Crippen LogP contribution in [0.5, 0.6) is 0 Å². The monoisotopic (exact) mass is 274 g/mol. The Labute approximate surface area is 94.3 Å². The van der Waals surface area contributed by atoms with Gasteiger partial charge in [-0.3, -0.25) is 0 Å². The molecule has 1 aliphatic carbocycles. The lowest BCUT2D eigenvalue weighted by Crippen LogP contribution is -2.13. The molecule has 0 spiro atoms. The molecule has 0 radical (unpaired) electrons. The highest BCUT2D eigenvalue weighted by Gasteiger charge is 2.25. The molecular weight excluding hydrogens is 266 g/mol. The van der Waals surface area contributed by atoms with Crippen LogP contribution >= 0.6 is 15.9 Å². The second-order valence-corrected chi connectivity index (χ2v) is 4.38. The summed E-state index contributed by atoms with van der Waals surface area (Å²) in [4.78, 5) is 3.95. The summed E-state index contributed by atoms with van der Waals surface area (Å²) >= 11 is 2.97. The first-order chi connectivity index (χ1) is 7.08. The molecule has 0 aromatic heterocycles. The van der Waals surface area contributed by atoms with Gasteiger partial charge < -0.3 is 5.73 Å². The molecule has 1 aromatic carbocycles. The van der Waals surface area contributed by atoms with Gasteiger partial charge >= 0.3 is 0 Å². The number of hydrogen-bond donors (Lipinski definition) is 1. The van der Waals surface area contributed by atoms with Crippen LogP contribution in [0.3, 0.4) is 0 Å². The van der Waals surface area contributed by atoms with Gasteiger partial charge in [-0.05, 0) is 34.8 Å². The average Bonchev–Trinajstić information content (AvgIpc) is 2.97. The predicted octanol–water partition coefficient (Wildman–Crippen LogP) is 3.13. The highest BCUT2D eigenvalue weighted by atomic mass is 79.9. The van der Waals surface area contributed by atoms with Crippen molar-refractivity contribution in [3.8, 4) is 0 Å². The van der Waals surface area contributed by atoms with Crippen LogP contribution in [-0.2, 0) is 0 Å². The first-order valence-electron chi connectivity index (χ1n) is 4.56. The molecule has 5 heteroatoms. The van der Waals surface area contributed by atoms with Gasteiger partial charge in [0.2, 0.25) is 0 Å². The number of hydrogen-bond acceptors (Lipinski definition) is 1. The average molecular weight is 275 g/mol. The highest BCUT2D eigenvalue weighted by Crippen LogP contribution is 2.32. The summed E-state index contributed by atoms with van der Waals surface area (Å²) in [6.07, 6.45) is 2.00. The van der Waals surface area contributed by atoms with E-state index in [0.29, 0.717) is 5.84 Å². The first kappa shape index (κ1) is 10.5. The quantitative estimate of drug-likeness (QED) is 0.502. The van der Waals surface area contributed by atoms with E-state index >= 15 is 0 Å². The summed E-state index contributed by atoms with van der Waals surface area (Å²) in [6.45, 7) is 0. The van der Waals surface area contributed by atoms with Gasteiger partial charge in [0.25, 0.3) is 0 Å². The zero-order valence-corrected chi connectivity index (χ0v) is 9.39. The van der Waals surface area contributed by atoms with Crippen LogP contribution in [0, 0.1) is 17.6 Å². The third-order valence-corrected chi connectivity index (χ3v) is 2.84. The summed E-state index contributed by atoms with van der Waals surface area (Å²) in [7, 11) is 0. The first-order valence-corrected chi connectivity index (χ1v) is 5.36. The van der Waals surface area contributed by atoms with E-state index in [2.05, 4.69) is 20.9 Å². The molecule has 1 saturated carbocycles. The lowest BCUT2D eigenvalue weighted by atomic mass is 10.3. The van der Waals surface area contributed by atoms with Crippen molar-refractivity contribution in [2.24, 2.45) is 16.6 Å². The third-order valence-electron chi connectivity index (χ3n) is 2.23. The van der Waals surface area contributed by atoms with Crippen molar-refractivity contribution in [3.05, 3.63) is 28.2 Å². The lowest BCUT2D eigenvalue weighted by molar-refractivity contribution is 0.580. The minimum Gasteiger partial charge on any atom is -0.387 e. The Morgan fingerprint density at radius 1 is 1.33 bits per heavy atom. The van der Waals surface area contributed by atoms with E-state index in [0.717, 1.165) is 18.9 Å². The fourth-order valence-corrected chi connectivity index (χ4v) is 1.54. The Morgan fingerprint density at radius 2 is 2.00 bits per heavy atom. The molecule has 0 amide bonds. The standard InChI is InChI=1S/C10H9BrF2N2/c11-6-3-9(8(13)4-7(6)12)15-10(14)5-1-2-5/h3-5H,1-2H2,(H2,14,15). The Morgan fingerprint density at radius 3 is 2.60 bits per heavy atom. The fourth-order valence-electron chi connectivity index (χ4n) is 1.21. The van der Waals surface area contributed by atoms with Crippen molar-refractivity contribution in [1.82, 2.24) is 0 Å². The van der Waals surface area contributed by atoms with Gasteiger partial charge in [-0.25, -0.2) is 13.8 Å². The molecule has 2 N–H and O–H groups in total. The van der Waals surface area contributed by atoms with Crippen LogP contribution in [-0.4, -0.2) is 5.84 Å². The van der Waals surface area contributed by atoms with Crippen molar-refractivity contribution in [1.29, 1.82) is 0 Å². The maximum atomic E-state index is 13.3. The highest BCUT2D eigenvalue weighted by molar-refractivity contribution is 9.10. The summed E-state index contributed by atoms with van der Waals surface area (Å²) in [5.41, 5.74) is 5.72. The van der Waals surface area contributed by atoms with Crippen molar-refractivity contribution < 1.29 is 8.78 Å². The topological polar surface area (TPSA) is 38.4 Å². The van der Waals surface area contributed by atoms with Crippen LogP contribution in [0.4, 0.5) is 14.5 Å². The van der Waals surface area contributed by atoms with Crippen LogP contribution in [0.1, 0.15) is 12.8 Å². The van der Waals surface area contributed by atoms with Crippen LogP contribution in [0.25, 0.3) is 0 Å². The number of aliphatic imine (C=N–C) groups is 1. The van der Waals surface area contributed by atoms with E-state index in [9.17, 15) is 8.78 Å². The van der Waals surface area contributed by atoms with Crippen molar-refractivity contribution in [2.45, 2.75) is 12.8 Å². The van der Waals surface area contributed by atoms with Gasteiger partial charge in [-0.2, -0.15) is 0 Å². The van der Waals surface area contributed by atoms with Gasteiger partial charge in [0.1, 0.15) is 17.3 Å². The van der Waals surface area contributed by atoms with Crippen molar-refractivity contribution in [2.75, 3.05) is 0 Å². The Bertz CT molecular complexity index is 428. The molecule has 2 rings (SSSR count). The summed E-state index contributed by atoms with van der Waals surface area (Å²) in [5, 5.41) is 0. The Kier molecular flexibility index (Phi) is 2.73. The maximum Gasteiger partial charge on any atom is 0.151 e.